The molecule has 0 aliphatic heterocycles. The maximum atomic E-state index is 10.3. The van der Waals surface area contributed by atoms with Crippen LogP contribution >= 0.6 is 0 Å². The molecule has 12 nitrogen and oxygen atoms in total. The molecule has 0 saturated heterocycles. The zero-order valence-corrected chi connectivity index (χ0v) is 13.0. The van der Waals surface area contributed by atoms with Crippen LogP contribution in [0.15, 0.2) is 12.5 Å². The van der Waals surface area contributed by atoms with E-state index < -0.39 is 36.1 Å². The van der Waals surface area contributed by atoms with E-state index in [0.717, 1.165) is 5.69 Å². The van der Waals surface area contributed by atoms with E-state index in [1.165, 1.54) is 13.3 Å². The molecule has 24 heavy (non-hydrogen) atoms. The minimum absolute atomic E-state index is 0.278. The molecule has 0 amide bonds. The molecule has 0 unspecified atom stereocenters. The van der Waals surface area contributed by atoms with Gasteiger partial charge < -0.3 is 42.6 Å². The number of nitrogens with one attached hydrogen (secondary N) is 1. The number of H-pyrrole nitrogens is 1. The van der Waals surface area contributed by atoms with Crippen molar-refractivity contribution in [2.45, 2.75) is 31.5 Å². The van der Waals surface area contributed by atoms with Gasteiger partial charge in [-0.2, -0.15) is 0 Å². The Kier molecular flexibility index (Phi) is 12.8. The van der Waals surface area contributed by atoms with E-state index >= 15 is 0 Å². The molecular weight excluding hydrogens is 326 g/mol. The highest BCUT2D eigenvalue weighted by atomic mass is 16.4. The van der Waals surface area contributed by atoms with Crippen LogP contribution in [0.1, 0.15) is 12.6 Å². The predicted octanol–water partition coefficient (Wildman–Crippen LogP) is -2.83. The number of nitrogens with zero attached hydrogens (tertiary/aromatic N) is 1. The molecule has 1 heterocycles. The first-order chi connectivity index (χ1) is 11.0. The van der Waals surface area contributed by atoms with Crippen molar-refractivity contribution in [3.05, 3.63) is 18.2 Å². The molecule has 1 aromatic heterocycles. The number of aliphatic hydroxyl groups excluding tert-OH is 1. The highest BCUT2D eigenvalue weighted by Crippen LogP contribution is 1.95. The number of aromatic amines is 1. The zero-order valence-electron chi connectivity index (χ0n) is 13.0. The lowest BCUT2D eigenvalue weighted by Gasteiger charge is -2.06. The molecule has 0 spiro atoms. The van der Waals surface area contributed by atoms with E-state index in [0.29, 0.717) is 0 Å². The minimum Gasteiger partial charge on any atom is -0.480 e. The third kappa shape index (κ3) is 13.1. The van der Waals surface area contributed by atoms with E-state index in [1.54, 1.807) is 6.20 Å². The Bertz CT molecular complexity index is 492. The van der Waals surface area contributed by atoms with E-state index in [2.05, 4.69) is 15.7 Å². The number of imidazole rings is 1. The van der Waals surface area contributed by atoms with Crippen molar-refractivity contribution >= 4 is 17.9 Å². The summed E-state index contributed by atoms with van der Waals surface area (Å²) in [6.45, 7) is 1.05. The summed E-state index contributed by atoms with van der Waals surface area (Å²) in [5, 5.41) is 32.6. The second kappa shape index (κ2) is 13.0. The van der Waals surface area contributed by atoms with Crippen LogP contribution in [0.4, 0.5) is 0 Å². The first-order valence-corrected chi connectivity index (χ1v) is 6.56. The van der Waals surface area contributed by atoms with Gasteiger partial charge in [-0.1, -0.05) is 0 Å². The number of hydrogen-bond acceptors (Lipinski definition) is 8. The first-order valence-electron chi connectivity index (χ1n) is 6.56. The van der Waals surface area contributed by atoms with Gasteiger partial charge in [0.15, 0.2) is 0 Å². The van der Waals surface area contributed by atoms with Gasteiger partial charge in [-0.05, 0) is 6.92 Å². The van der Waals surface area contributed by atoms with Crippen LogP contribution in [0.25, 0.3) is 0 Å². The van der Waals surface area contributed by atoms with Gasteiger partial charge in [0.05, 0.1) is 19.0 Å². The van der Waals surface area contributed by atoms with E-state index in [-0.39, 0.29) is 13.0 Å². The molecule has 0 aromatic carbocycles. The average Bonchev–Trinajstić information content (AvgIpc) is 3.00. The molecule has 3 atom stereocenters. The summed E-state index contributed by atoms with van der Waals surface area (Å²) in [5.74, 6) is -3.15. The Balaban J connectivity index is 0. The minimum atomic E-state index is -1.18. The summed E-state index contributed by atoms with van der Waals surface area (Å²) in [6.07, 6.45) is 2.36. The van der Waals surface area contributed by atoms with Crippen LogP contribution in [0.5, 0.6) is 0 Å². The molecule has 1 aromatic rings. The van der Waals surface area contributed by atoms with Crippen LogP contribution in [-0.2, 0) is 20.8 Å². The van der Waals surface area contributed by atoms with Gasteiger partial charge in [0.25, 0.3) is 0 Å². The molecule has 0 fully saturated rings. The SMILES string of the molecule is C[C@@H](O)[C@H](N)C(=O)O.NCC(=O)O.N[C@@H](Cc1cnc[nH]1)C(=O)O. The quantitative estimate of drug-likeness (QED) is 0.260. The molecule has 0 saturated carbocycles. The molecule has 0 bridgehead atoms. The van der Waals surface area contributed by atoms with Gasteiger partial charge in [-0.3, -0.25) is 14.4 Å². The van der Waals surface area contributed by atoms with Gasteiger partial charge in [0.2, 0.25) is 0 Å². The predicted molar refractivity (Wildman–Crippen MR) is 81.9 cm³/mol. The number of aliphatic carboxylic acids is 3. The van der Waals surface area contributed by atoms with Crippen LogP contribution in [0.2, 0.25) is 0 Å². The molecule has 12 heteroatoms. The van der Waals surface area contributed by atoms with Gasteiger partial charge in [-0.15, -0.1) is 0 Å². The Hall–Kier alpha value is -2.54. The maximum Gasteiger partial charge on any atom is 0.323 e. The van der Waals surface area contributed by atoms with Crippen molar-refractivity contribution in [3.8, 4) is 0 Å². The number of carbonyl (C=O) groups is 3. The molecular formula is C12H23N5O7. The number of rotatable bonds is 6. The number of aliphatic hydroxyl groups is 1. The first kappa shape index (κ1) is 23.7. The number of aromatic nitrogens is 2. The van der Waals surface area contributed by atoms with E-state index in [9.17, 15) is 14.4 Å². The van der Waals surface area contributed by atoms with Crippen molar-refractivity contribution in [2.24, 2.45) is 17.2 Å². The molecule has 1 rings (SSSR count). The normalized spacial score (nSPS) is 13.2. The van der Waals surface area contributed by atoms with Gasteiger partial charge in [0.1, 0.15) is 12.1 Å². The summed E-state index contributed by atoms with van der Waals surface area (Å²) in [6, 6.07) is -2.01. The zero-order chi connectivity index (χ0) is 19.3. The summed E-state index contributed by atoms with van der Waals surface area (Å²) < 4.78 is 0. The Morgan fingerprint density at radius 1 is 1.21 bits per heavy atom. The largest absolute Gasteiger partial charge is 0.480 e. The van der Waals surface area contributed by atoms with Crippen LogP contribution in [0, 0.1) is 0 Å². The lowest BCUT2D eigenvalue weighted by molar-refractivity contribution is -0.141. The highest BCUT2D eigenvalue weighted by molar-refractivity contribution is 5.73. The smallest absolute Gasteiger partial charge is 0.323 e. The Morgan fingerprint density at radius 3 is 1.92 bits per heavy atom. The summed E-state index contributed by atoms with van der Waals surface area (Å²) in [5.41, 5.74) is 15.5. The molecule has 11 N–H and O–H groups in total. The Labute approximate surface area is 137 Å². The lowest BCUT2D eigenvalue weighted by atomic mass is 10.2. The summed E-state index contributed by atoms with van der Waals surface area (Å²) >= 11 is 0. The van der Waals surface area contributed by atoms with Crippen molar-refractivity contribution in [1.29, 1.82) is 0 Å². The van der Waals surface area contributed by atoms with Crippen LogP contribution in [0.3, 0.4) is 0 Å². The number of carboxylic acid groups (broad SMARTS) is 3. The number of nitrogens with two attached hydrogens (primary N) is 3. The van der Waals surface area contributed by atoms with Crippen LogP contribution < -0.4 is 17.2 Å². The fraction of sp³-hybridized carbons (Fsp3) is 0.500. The standard InChI is InChI=1S/C6H9N3O2.C4H9NO3.C2H5NO2/c7-5(6(10)11)1-4-2-8-3-9-4;1-2(6)3(5)4(7)8;3-1-2(4)5/h2-3,5H,1,7H2,(H,8,9)(H,10,11);2-3,6H,5H2,1H3,(H,7,8);1,3H2,(H,4,5)/t5-;2-,3+;/m01./s1. The molecule has 0 radical (unpaired) electrons. The van der Waals surface area contributed by atoms with E-state index in [1.807, 2.05) is 0 Å². The maximum absolute atomic E-state index is 10.3. The monoisotopic (exact) mass is 349 g/mol. The van der Waals surface area contributed by atoms with Gasteiger partial charge in [0, 0.05) is 18.3 Å². The molecule has 0 aliphatic carbocycles. The van der Waals surface area contributed by atoms with Gasteiger partial charge in [-0.25, -0.2) is 4.98 Å². The third-order valence-corrected chi connectivity index (χ3v) is 2.29. The molecule has 0 aliphatic rings. The van der Waals surface area contributed by atoms with Crippen molar-refractivity contribution in [2.75, 3.05) is 6.54 Å². The van der Waals surface area contributed by atoms with Crippen molar-refractivity contribution in [3.63, 3.8) is 0 Å². The topological polar surface area (TPSA) is 239 Å². The van der Waals surface area contributed by atoms with Crippen molar-refractivity contribution < 1.29 is 34.8 Å². The average molecular weight is 349 g/mol. The Morgan fingerprint density at radius 2 is 1.71 bits per heavy atom. The second-order valence-corrected chi connectivity index (χ2v) is 4.43. The molecule has 138 valence electrons. The summed E-state index contributed by atoms with van der Waals surface area (Å²) in [4.78, 5) is 35.9. The van der Waals surface area contributed by atoms with Gasteiger partial charge >= 0.3 is 17.9 Å². The summed E-state index contributed by atoms with van der Waals surface area (Å²) in [7, 11) is 0. The van der Waals surface area contributed by atoms with Crippen molar-refractivity contribution in [1.82, 2.24) is 9.97 Å². The highest BCUT2D eigenvalue weighted by Gasteiger charge is 2.16. The fourth-order valence-electron chi connectivity index (χ4n) is 0.927. The third-order valence-electron chi connectivity index (χ3n) is 2.29. The number of hydrogen-bond donors (Lipinski definition) is 8. The van der Waals surface area contributed by atoms with E-state index in [4.69, 9.17) is 31.9 Å². The number of carboxylic acids is 3. The lowest BCUT2D eigenvalue weighted by Crippen LogP contribution is -2.39. The fourth-order valence-corrected chi connectivity index (χ4v) is 0.927. The van der Waals surface area contributed by atoms with Crippen LogP contribution in [-0.4, -0.2) is 73.0 Å². The second-order valence-electron chi connectivity index (χ2n) is 4.43.